The molecule has 0 spiro atoms. The molecule has 1 unspecified atom stereocenters. The van der Waals surface area contributed by atoms with Crippen LogP contribution in [0, 0.1) is 0 Å². The van der Waals surface area contributed by atoms with Crippen molar-refractivity contribution in [1.82, 2.24) is 0 Å². The van der Waals surface area contributed by atoms with Crippen molar-refractivity contribution >= 4 is 11.9 Å². The highest BCUT2D eigenvalue weighted by Crippen LogP contribution is 2.12. The van der Waals surface area contributed by atoms with Crippen molar-refractivity contribution < 1.29 is 19.1 Å². The van der Waals surface area contributed by atoms with Crippen molar-refractivity contribution in [3.63, 3.8) is 0 Å². The smallest absolute Gasteiger partial charge is 0.306 e. The summed E-state index contributed by atoms with van der Waals surface area (Å²) in [7, 11) is 0. The summed E-state index contributed by atoms with van der Waals surface area (Å²) in [4.78, 5) is 23.4. The lowest BCUT2D eigenvalue weighted by Gasteiger charge is -2.12. The number of carbonyl (C=O) groups is 2. The summed E-state index contributed by atoms with van der Waals surface area (Å²) in [6.45, 7) is 6.94. The van der Waals surface area contributed by atoms with E-state index in [4.69, 9.17) is 9.47 Å². The van der Waals surface area contributed by atoms with Crippen LogP contribution in [-0.2, 0) is 19.1 Å². The standard InChI is InChI=1S/C25H48O4/c1-4-6-8-9-12-15-18-22-28-24(26)20-16-13-10-11-14-17-21-25(27)29-23(3)19-7-5-2/h23H,4-22H2,1-3H3. The normalized spacial score (nSPS) is 12.0. The third-order valence-electron chi connectivity index (χ3n) is 5.32. The molecule has 0 aliphatic rings. The summed E-state index contributed by atoms with van der Waals surface area (Å²) in [6.07, 6.45) is 19.2. The molecule has 0 aromatic heterocycles. The van der Waals surface area contributed by atoms with Crippen LogP contribution in [0.5, 0.6) is 0 Å². The Bertz CT molecular complexity index is 381. The van der Waals surface area contributed by atoms with E-state index >= 15 is 0 Å². The SMILES string of the molecule is CCCCCCCCCOC(=O)CCCCCCCCC(=O)OC(C)CCCC. The second-order valence-electron chi connectivity index (χ2n) is 8.41. The third-order valence-corrected chi connectivity index (χ3v) is 5.32. The Labute approximate surface area is 180 Å². The Morgan fingerprint density at radius 1 is 0.621 bits per heavy atom. The van der Waals surface area contributed by atoms with Gasteiger partial charge in [-0.3, -0.25) is 9.59 Å². The summed E-state index contributed by atoms with van der Waals surface area (Å²) in [5.41, 5.74) is 0. The lowest BCUT2D eigenvalue weighted by molar-refractivity contribution is -0.148. The summed E-state index contributed by atoms with van der Waals surface area (Å²) < 4.78 is 10.7. The van der Waals surface area contributed by atoms with Gasteiger partial charge in [-0.2, -0.15) is 0 Å². The van der Waals surface area contributed by atoms with Gasteiger partial charge in [0.25, 0.3) is 0 Å². The fourth-order valence-electron chi connectivity index (χ4n) is 3.40. The van der Waals surface area contributed by atoms with Crippen LogP contribution in [0.25, 0.3) is 0 Å². The number of hydrogen-bond acceptors (Lipinski definition) is 4. The van der Waals surface area contributed by atoms with Crippen molar-refractivity contribution in [3.8, 4) is 0 Å². The molecular weight excluding hydrogens is 364 g/mol. The first kappa shape index (κ1) is 27.9. The van der Waals surface area contributed by atoms with Crippen LogP contribution < -0.4 is 0 Å². The van der Waals surface area contributed by atoms with E-state index in [0.29, 0.717) is 19.4 Å². The predicted molar refractivity (Wildman–Crippen MR) is 121 cm³/mol. The molecule has 0 aliphatic heterocycles. The molecule has 0 bridgehead atoms. The zero-order chi connectivity index (χ0) is 21.6. The first-order chi connectivity index (χ1) is 14.1. The molecule has 172 valence electrons. The van der Waals surface area contributed by atoms with Crippen LogP contribution in [0.15, 0.2) is 0 Å². The Hall–Kier alpha value is -1.06. The van der Waals surface area contributed by atoms with E-state index in [9.17, 15) is 9.59 Å². The summed E-state index contributed by atoms with van der Waals surface area (Å²) in [5.74, 6) is -0.103. The average Bonchev–Trinajstić information content (AvgIpc) is 2.70. The Morgan fingerprint density at radius 2 is 1.10 bits per heavy atom. The van der Waals surface area contributed by atoms with Crippen molar-refractivity contribution in [2.24, 2.45) is 0 Å². The van der Waals surface area contributed by atoms with Gasteiger partial charge in [0.05, 0.1) is 12.7 Å². The monoisotopic (exact) mass is 412 g/mol. The zero-order valence-corrected chi connectivity index (χ0v) is 19.6. The van der Waals surface area contributed by atoms with Crippen molar-refractivity contribution in [2.75, 3.05) is 6.61 Å². The Balaban J connectivity index is 3.33. The summed E-state index contributed by atoms with van der Waals surface area (Å²) >= 11 is 0. The minimum absolute atomic E-state index is 0.0454. The highest BCUT2D eigenvalue weighted by atomic mass is 16.5. The minimum atomic E-state index is -0.0580. The Morgan fingerprint density at radius 3 is 1.69 bits per heavy atom. The maximum Gasteiger partial charge on any atom is 0.306 e. The van der Waals surface area contributed by atoms with Gasteiger partial charge >= 0.3 is 11.9 Å². The molecule has 0 amide bonds. The maximum atomic E-state index is 11.7. The number of hydrogen-bond donors (Lipinski definition) is 0. The second-order valence-corrected chi connectivity index (χ2v) is 8.41. The van der Waals surface area contributed by atoms with Gasteiger partial charge in [-0.05, 0) is 32.6 Å². The lowest BCUT2D eigenvalue weighted by atomic mass is 10.1. The highest BCUT2D eigenvalue weighted by molar-refractivity contribution is 5.69. The van der Waals surface area contributed by atoms with E-state index in [1.165, 1.54) is 38.5 Å². The lowest BCUT2D eigenvalue weighted by Crippen LogP contribution is -2.14. The molecule has 1 atom stereocenters. The van der Waals surface area contributed by atoms with Crippen molar-refractivity contribution in [3.05, 3.63) is 0 Å². The highest BCUT2D eigenvalue weighted by Gasteiger charge is 2.08. The van der Waals surface area contributed by atoms with Gasteiger partial charge in [-0.25, -0.2) is 0 Å². The van der Waals surface area contributed by atoms with E-state index < -0.39 is 0 Å². The molecule has 0 aromatic carbocycles. The van der Waals surface area contributed by atoms with Crippen LogP contribution in [0.1, 0.15) is 136 Å². The molecule has 0 aromatic rings. The first-order valence-electron chi connectivity index (χ1n) is 12.4. The molecule has 0 N–H and O–H groups in total. The van der Waals surface area contributed by atoms with Gasteiger partial charge < -0.3 is 9.47 Å². The number of carbonyl (C=O) groups excluding carboxylic acids is 2. The summed E-state index contributed by atoms with van der Waals surface area (Å²) in [5, 5.41) is 0. The average molecular weight is 413 g/mol. The molecule has 4 nitrogen and oxygen atoms in total. The molecule has 0 fully saturated rings. The van der Waals surface area contributed by atoms with Crippen molar-refractivity contribution in [2.45, 2.75) is 142 Å². The van der Waals surface area contributed by atoms with Gasteiger partial charge in [0.2, 0.25) is 0 Å². The molecule has 0 saturated heterocycles. The summed E-state index contributed by atoms with van der Waals surface area (Å²) in [6, 6.07) is 0. The molecule has 0 saturated carbocycles. The topological polar surface area (TPSA) is 52.6 Å². The predicted octanol–water partition coefficient (Wildman–Crippen LogP) is 7.52. The van der Waals surface area contributed by atoms with E-state index in [0.717, 1.165) is 64.2 Å². The number of rotatable bonds is 21. The van der Waals surface area contributed by atoms with Gasteiger partial charge in [0, 0.05) is 12.8 Å². The number of esters is 2. The fraction of sp³-hybridized carbons (Fsp3) is 0.920. The van der Waals surface area contributed by atoms with Crippen LogP contribution in [0.3, 0.4) is 0 Å². The molecule has 0 radical (unpaired) electrons. The van der Waals surface area contributed by atoms with E-state index in [1.54, 1.807) is 0 Å². The molecular formula is C25H48O4. The molecule has 29 heavy (non-hydrogen) atoms. The maximum absolute atomic E-state index is 11.7. The van der Waals surface area contributed by atoms with Crippen LogP contribution in [0.4, 0.5) is 0 Å². The Kier molecular flexibility index (Phi) is 20.9. The van der Waals surface area contributed by atoms with Crippen LogP contribution in [0.2, 0.25) is 0 Å². The van der Waals surface area contributed by atoms with Gasteiger partial charge in [0.15, 0.2) is 0 Å². The first-order valence-corrected chi connectivity index (χ1v) is 12.4. The second kappa shape index (κ2) is 21.6. The minimum Gasteiger partial charge on any atom is -0.466 e. The quantitative estimate of drug-likeness (QED) is 0.144. The van der Waals surface area contributed by atoms with Crippen LogP contribution >= 0.6 is 0 Å². The fourth-order valence-corrected chi connectivity index (χ4v) is 3.40. The van der Waals surface area contributed by atoms with E-state index in [1.807, 2.05) is 6.92 Å². The number of ether oxygens (including phenoxy) is 2. The van der Waals surface area contributed by atoms with Gasteiger partial charge in [-0.1, -0.05) is 90.9 Å². The molecule has 4 heteroatoms. The van der Waals surface area contributed by atoms with E-state index in [-0.39, 0.29) is 18.0 Å². The van der Waals surface area contributed by atoms with Crippen molar-refractivity contribution in [1.29, 1.82) is 0 Å². The number of unbranched alkanes of at least 4 members (excludes halogenated alkanes) is 12. The van der Waals surface area contributed by atoms with Gasteiger partial charge in [-0.15, -0.1) is 0 Å². The zero-order valence-electron chi connectivity index (χ0n) is 19.6. The molecule has 0 heterocycles. The molecule has 0 aliphatic carbocycles. The van der Waals surface area contributed by atoms with Crippen LogP contribution in [-0.4, -0.2) is 24.6 Å². The molecule has 0 rings (SSSR count). The van der Waals surface area contributed by atoms with E-state index in [2.05, 4.69) is 13.8 Å². The van der Waals surface area contributed by atoms with Gasteiger partial charge in [0.1, 0.15) is 0 Å². The third kappa shape index (κ3) is 21.5. The largest absolute Gasteiger partial charge is 0.466 e.